The molecule has 0 spiro atoms. The molecule has 0 radical (unpaired) electrons. The zero-order valence-corrected chi connectivity index (χ0v) is 15.3. The molecule has 0 fully saturated rings. The molecule has 0 saturated heterocycles. The van der Waals surface area contributed by atoms with Crippen LogP contribution in [-0.2, 0) is 6.54 Å². The third-order valence-corrected chi connectivity index (χ3v) is 4.48. The van der Waals surface area contributed by atoms with Crippen molar-refractivity contribution in [3.05, 3.63) is 112 Å². The summed E-state index contributed by atoms with van der Waals surface area (Å²) >= 11 is 0. The van der Waals surface area contributed by atoms with Gasteiger partial charge in [0.15, 0.2) is 0 Å². The summed E-state index contributed by atoms with van der Waals surface area (Å²) in [6, 6.07) is 22.2. The number of carbonyl (C=O) groups excluding carboxylic acids is 1. The highest BCUT2D eigenvalue weighted by Gasteiger charge is 2.13. The number of fused-ring (bicyclic) bond motifs is 1. The molecule has 1 amide bonds. The Morgan fingerprint density at radius 3 is 2.57 bits per heavy atom. The van der Waals surface area contributed by atoms with Gasteiger partial charge >= 0.3 is 5.63 Å². The fraction of sp³-hybridized carbons (Fsp3) is 0.0870. The lowest BCUT2D eigenvalue weighted by molar-refractivity contribution is 0.0994. The van der Waals surface area contributed by atoms with E-state index in [0.29, 0.717) is 23.0 Å². The Balaban J connectivity index is 1.73. The second-order valence-corrected chi connectivity index (χ2v) is 6.57. The largest absolute Gasteiger partial charge is 0.422 e. The zero-order valence-electron chi connectivity index (χ0n) is 15.3. The van der Waals surface area contributed by atoms with Gasteiger partial charge in [-0.05, 0) is 36.8 Å². The van der Waals surface area contributed by atoms with Gasteiger partial charge in [-0.1, -0.05) is 54.1 Å². The van der Waals surface area contributed by atoms with Crippen molar-refractivity contribution in [3.8, 4) is 0 Å². The van der Waals surface area contributed by atoms with Crippen LogP contribution in [0.25, 0.3) is 11.0 Å². The van der Waals surface area contributed by atoms with Crippen LogP contribution in [0, 0.1) is 6.92 Å². The quantitative estimate of drug-likeness (QED) is 0.517. The molecular formula is C23H18N2O3. The van der Waals surface area contributed by atoms with E-state index >= 15 is 0 Å². The summed E-state index contributed by atoms with van der Waals surface area (Å²) in [6.45, 7) is 2.60. The minimum Gasteiger partial charge on any atom is -0.422 e. The number of para-hydroxylation sites is 1. The van der Waals surface area contributed by atoms with Crippen molar-refractivity contribution in [2.45, 2.75) is 13.5 Å². The molecule has 5 nitrogen and oxygen atoms in total. The number of hydrogen-bond donors (Lipinski definition) is 0. The molecule has 28 heavy (non-hydrogen) atoms. The van der Waals surface area contributed by atoms with Crippen LogP contribution in [-0.4, -0.2) is 10.5 Å². The van der Waals surface area contributed by atoms with E-state index in [2.05, 4.69) is 4.99 Å². The average Bonchev–Trinajstić information content (AvgIpc) is 2.70. The number of benzene rings is 2. The summed E-state index contributed by atoms with van der Waals surface area (Å²) in [7, 11) is 0. The summed E-state index contributed by atoms with van der Waals surface area (Å²) in [5.74, 6) is -0.622. The lowest BCUT2D eigenvalue weighted by Gasteiger charge is -2.08. The first kappa shape index (κ1) is 17.7. The fourth-order valence-corrected chi connectivity index (χ4v) is 2.97. The second kappa shape index (κ2) is 7.48. The van der Waals surface area contributed by atoms with E-state index in [-0.39, 0.29) is 5.56 Å². The van der Waals surface area contributed by atoms with Gasteiger partial charge in [-0.25, -0.2) is 4.79 Å². The number of rotatable bonds is 3. The SMILES string of the molecule is Cc1ccc(Cn2ccccc2=NC(=O)c2cc3ccccc3oc2=O)cc1. The number of hydrogen-bond acceptors (Lipinski definition) is 3. The van der Waals surface area contributed by atoms with Gasteiger partial charge < -0.3 is 8.98 Å². The summed E-state index contributed by atoms with van der Waals surface area (Å²) in [4.78, 5) is 29.1. The molecule has 2 aromatic heterocycles. The first-order chi connectivity index (χ1) is 13.6. The minimum absolute atomic E-state index is 0.0792. The van der Waals surface area contributed by atoms with Crippen LogP contribution in [0.1, 0.15) is 21.5 Å². The third-order valence-electron chi connectivity index (χ3n) is 4.48. The van der Waals surface area contributed by atoms with E-state index in [0.717, 1.165) is 5.56 Å². The molecule has 0 aliphatic rings. The zero-order chi connectivity index (χ0) is 19.5. The van der Waals surface area contributed by atoms with Crippen molar-refractivity contribution in [1.82, 2.24) is 4.57 Å². The van der Waals surface area contributed by atoms with Crippen LogP contribution in [0.2, 0.25) is 0 Å². The summed E-state index contributed by atoms with van der Waals surface area (Å²) in [5.41, 5.74) is 2.43. The molecule has 0 bridgehead atoms. The molecule has 0 unspecified atom stereocenters. The van der Waals surface area contributed by atoms with E-state index < -0.39 is 11.5 Å². The molecular weight excluding hydrogens is 352 g/mol. The maximum Gasteiger partial charge on any atom is 0.349 e. The molecule has 138 valence electrons. The predicted octanol–water partition coefficient (Wildman–Crippen LogP) is 3.69. The Morgan fingerprint density at radius 2 is 1.75 bits per heavy atom. The van der Waals surface area contributed by atoms with E-state index in [4.69, 9.17) is 4.42 Å². The molecule has 0 saturated carbocycles. The normalized spacial score (nSPS) is 11.7. The summed E-state index contributed by atoms with van der Waals surface area (Å²) in [5, 5.41) is 0.682. The van der Waals surface area contributed by atoms with Crippen molar-refractivity contribution >= 4 is 16.9 Å². The maximum absolute atomic E-state index is 12.7. The van der Waals surface area contributed by atoms with Gasteiger partial charge in [0.05, 0.1) is 0 Å². The Labute approximate surface area is 161 Å². The highest BCUT2D eigenvalue weighted by Crippen LogP contribution is 2.13. The van der Waals surface area contributed by atoms with Crippen molar-refractivity contribution in [1.29, 1.82) is 0 Å². The number of pyridine rings is 1. The Bertz CT molecular complexity index is 1280. The van der Waals surface area contributed by atoms with Crippen LogP contribution in [0.3, 0.4) is 0 Å². The molecule has 0 N–H and O–H groups in total. The number of aryl methyl sites for hydroxylation is 1. The number of amides is 1. The van der Waals surface area contributed by atoms with Crippen LogP contribution in [0.15, 0.2) is 93.2 Å². The molecule has 5 heteroatoms. The second-order valence-electron chi connectivity index (χ2n) is 6.57. The van der Waals surface area contributed by atoms with Gasteiger partial charge in [-0.2, -0.15) is 4.99 Å². The van der Waals surface area contributed by atoms with E-state index in [1.54, 1.807) is 30.3 Å². The van der Waals surface area contributed by atoms with Gasteiger partial charge in [0.1, 0.15) is 16.6 Å². The van der Waals surface area contributed by atoms with Crippen molar-refractivity contribution < 1.29 is 9.21 Å². The molecule has 2 aromatic carbocycles. The molecule has 4 rings (SSSR count). The lowest BCUT2D eigenvalue weighted by Crippen LogP contribution is -2.23. The topological polar surface area (TPSA) is 64.6 Å². The third kappa shape index (κ3) is 3.69. The van der Waals surface area contributed by atoms with Gasteiger partial charge in [0.25, 0.3) is 5.91 Å². The molecule has 0 atom stereocenters. The Hall–Kier alpha value is -3.73. The Morgan fingerprint density at radius 1 is 1.00 bits per heavy atom. The first-order valence-corrected chi connectivity index (χ1v) is 8.93. The highest BCUT2D eigenvalue weighted by molar-refractivity contribution is 5.97. The average molecular weight is 370 g/mol. The summed E-state index contributed by atoms with van der Waals surface area (Å²) < 4.78 is 7.11. The van der Waals surface area contributed by atoms with Gasteiger partial charge in [0.2, 0.25) is 0 Å². The van der Waals surface area contributed by atoms with E-state index in [1.165, 1.54) is 11.6 Å². The smallest absolute Gasteiger partial charge is 0.349 e. The van der Waals surface area contributed by atoms with Crippen LogP contribution < -0.4 is 11.1 Å². The molecule has 0 aliphatic carbocycles. The van der Waals surface area contributed by atoms with Gasteiger partial charge in [0, 0.05) is 18.1 Å². The van der Waals surface area contributed by atoms with E-state index in [1.807, 2.05) is 54.1 Å². The predicted molar refractivity (Wildman–Crippen MR) is 107 cm³/mol. The molecule has 0 aliphatic heterocycles. The van der Waals surface area contributed by atoms with Gasteiger partial charge in [-0.3, -0.25) is 4.79 Å². The van der Waals surface area contributed by atoms with Crippen molar-refractivity contribution in [2.75, 3.05) is 0 Å². The minimum atomic E-state index is -0.687. The Kier molecular flexibility index (Phi) is 4.72. The highest BCUT2D eigenvalue weighted by atomic mass is 16.4. The number of nitrogens with zero attached hydrogens (tertiary/aromatic N) is 2. The standard InChI is InChI=1S/C23H18N2O3/c1-16-9-11-17(12-10-16)15-25-13-5-4-8-21(25)24-22(26)19-14-18-6-2-3-7-20(18)28-23(19)27/h2-14H,15H2,1H3. The van der Waals surface area contributed by atoms with E-state index in [9.17, 15) is 9.59 Å². The monoisotopic (exact) mass is 370 g/mol. The fourth-order valence-electron chi connectivity index (χ4n) is 2.97. The van der Waals surface area contributed by atoms with Crippen LogP contribution in [0.4, 0.5) is 0 Å². The van der Waals surface area contributed by atoms with Crippen LogP contribution in [0.5, 0.6) is 0 Å². The number of aromatic nitrogens is 1. The molecule has 4 aromatic rings. The van der Waals surface area contributed by atoms with Gasteiger partial charge in [-0.15, -0.1) is 0 Å². The first-order valence-electron chi connectivity index (χ1n) is 8.93. The molecule has 2 heterocycles. The number of carbonyl (C=O) groups is 1. The summed E-state index contributed by atoms with van der Waals surface area (Å²) in [6.07, 6.45) is 1.86. The van der Waals surface area contributed by atoms with Crippen LogP contribution >= 0.6 is 0 Å². The maximum atomic E-state index is 12.7. The van der Waals surface area contributed by atoms with Crippen molar-refractivity contribution in [3.63, 3.8) is 0 Å². The van der Waals surface area contributed by atoms with Crippen molar-refractivity contribution in [2.24, 2.45) is 4.99 Å². The lowest BCUT2D eigenvalue weighted by atomic mass is 10.1.